The van der Waals surface area contributed by atoms with Gasteiger partial charge in [-0.3, -0.25) is 0 Å². The Kier molecular flexibility index (Phi) is 7.81. The third kappa shape index (κ3) is 6.30. The number of nitrogens with one attached hydrogen (secondary N) is 3. The maximum Gasteiger partial charge on any atom is 0.149 e. The first-order valence-electron chi connectivity index (χ1n) is 11.6. The Morgan fingerprint density at radius 2 is 1.81 bits per heavy atom. The average Bonchev–Trinajstić information content (AvgIpc) is 3.61. The zero-order chi connectivity index (χ0) is 22.5. The molecule has 4 rings (SSSR count). The van der Waals surface area contributed by atoms with E-state index in [0.717, 1.165) is 50.4 Å². The first-order chi connectivity index (χ1) is 15.5. The van der Waals surface area contributed by atoms with Crippen LogP contribution in [-0.4, -0.2) is 48.4 Å². The molecule has 2 aromatic heterocycles. The van der Waals surface area contributed by atoms with Gasteiger partial charge in [0.2, 0.25) is 0 Å². The smallest absolute Gasteiger partial charge is 0.149 e. The van der Waals surface area contributed by atoms with Crippen molar-refractivity contribution in [1.82, 2.24) is 15.3 Å². The lowest BCUT2D eigenvalue weighted by Gasteiger charge is -2.31. The van der Waals surface area contributed by atoms with E-state index in [-0.39, 0.29) is 5.15 Å². The van der Waals surface area contributed by atoms with Crippen LogP contribution in [0.3, 0.4) is 0 Å². The molecule has 1 atom stereocenters. The topological polar surface area (TPSA) is 71.1 Å². The van der Waals surface area contributed by atoms with Crippen molar-refractivity contribution in [2.75, 3.05) is 30.9 Å². The van der Waals surface area contributed by atoms with Gasteiger partial charge in [-0.25, -0.2) is 14.4 Å². The van der Waals surface area contributed by atoms with Gasteiger partial charge in [-0.1, -0.05) is 11.6 Å². The van der Waals surface area contributed by atoms with E-state index in [2.05, 4.69) is 32.8 Å². The maximum atomic E-state index is 14.7. The highest BCUT2D eigenvalue weighted by atomic mass is 35.5. The maximum absolute atomic E-state index is 14.7. The van der Waals surface area contributed by atoms with Crippen LogP contribution >= 0.6 is 11.6 Å². The molecule has 8 heteroatoms. The summed E-state index contributed by atoms with van der Waals surface area (Å²) in [5.41, 5.74) is 1.85. The van der Waals surface area contributed by atoms with E-state index >= 15 is 0 Å². The molecule has 0 spiro atoms. The molecular weight excluding hydrogens is 429 g/mol. The molecule has 0 amide bonds. The van der Waals surface area contributed by atoms with E-state index in [1.54, 1.807) is 19.4 Å². The highest BCUT2D eigenvalue weighted by molar-refractivity contribution is 6.32. The first kappa shape index (κ1) is 23.2. The van der Waals surface area contributed by atoms with Crippen molar-refractivity contribution in [3.8, 4) is 11.1 Å². The molecule has 0 unspecified atom stereocenters. The summed E-state index contributed by atoms with van der Waals surface area (Å²) < 4.78 is 19.9. The fourth-order valence-electron chi connectivity index (χ4n) is 4.36. The molecule has 2 aliphatic rings. The van der Waals surface area contributed by atoms with Gasteiger partial charge in [-0.15, -0.1) is 0 Å². The number of methoxy groups -OCH3 is 1. The molecule has 0 bridgehead atoms. The second-order valence-electron chi connectivity index (χ2n) is 9.15. The fourth-order valence-corrected chi connectivity index (χ4v) is 4.56. The molecule has 32 heavy (non-hydrogen) atoms. The van der Waals surface area contributed by atoms with Gasteiger partial charge in [0, 0.05) is 42.9 Å². The van der Waals surface area contributed by atoms with Gasteiger partial charge in [0.1, 0.15) is 16.8 Å². The van der Waals surface area contributed by atoms with Gasteiger partial charge < -0.3 is 20.7 Å². The van der Waals surface area contributed by atoms with Crippen molar-refractivity contribution in [3.05, 3.63) is 35.5 Å². The number of ether oxygens (including phenoxy) is 1. The minimum Gasteiger partial charge on any atom is -0.384 e. The van der Waals surface area contributed by atoms with Crippen molar-refractivity contribution < 1.29 is 9.13 Å². The number of hydrogen-bond donors (Lipinski definition) is 3. The SMILES string of the molecule is COC[C@@H](C)N[C@H]1CC[C@H](Nc2cc(-c3cc(NCC4CC4)cnc3Cl)c(F)cn2)CC1. The van der Waals surface area contributed by atoms with Crippen LogP contribution in [-0.2, 0) is 4.74 Å². The van der Waals surface area contributed by atoms with Crippen LogP contribution in [0.4, 0.5) is 15.9 Å². The number of halogens is 2. The predicted octanol–water partition coefficient (Wildman–Crippen LogP) is 5.11. The van der Waals surface area contributed by atoms with E-state index in [0.29, 0.717) is 35.1 Å². The number of rotatable bonds is 10. The Morgan fingerprint density at radius 1 is 1.06 bits per heavy atom. The summed E-state index contributed by atoms with van der Waals surface area (Å²) in [7, 11) is 1.73. The number of anilines is 2. The lowest BCUT2D eigenvalue weighted by molar-refractivity contribution is 0.161. The summed E-state index contributed by atoms with van der Waals surface area (Å²) in [6, 6.07) is 4.79. The van der Waals surface area contributed by atoms with Gasteiger partial charge in [0.05, 0.1) is 24.7 Å². The molecule has 3 N–H and O–H groups in total. The summed E-state index contributed by atoms with van der Waals surface area (Å²) in [6.45, 7) is 3.78. The molecule has 174 valence electrons. The van der Waals surface area contributed by atoms with Crippen LogP contribution in [0.25, 0.3) is 11.1 Å². The highest BCUT2D eigenvalue weighted by Gasteiger charge is 2.23. The van der Waals surface area contributed by atoms with Gasteiger partial charge in [0.25, 0.3) is 0 Å². The molecule has 2 fully saturated rings. The van der Waals surface area contributed by atoms with Crippen LogP contribution in [0.2, 0.25) is 5.15 Å². The van der Waals surface area contributed by atoms with Crippen molar-refractivity contribution in [2.24, 2.45) is 5.92 Å². The van der Waals surface area contributed by atoms with E-state index in [4.69, 9.17) is 16.3 Å². The summed E-state index contributed by atoms with van der Waals surface area (Å²) in [5.74, 6) is 0.993. The number of hydrogen-bond acceptors (Lipinski definition) is 6. The van der Waals surface area contributed by atoms with Gasteiger partial charge >= 0.3 is 0 Å². The van der Waals surface area contributed by atoms with Crippen molar-refractivity contribution >= 4 is 23.1 Å². The molecule has 0 aromatic carbocycles. The zero-order valence-electron chi connectivity index (χ0n) is 18.8. The lowest BCUT2D eigenvalue weighted by atomic mass is 9.90. The molecule has 0 aliphatic heterocycles. The Hall–Kier alpha value is -1.96. The number of aromatic nitrogens is 2. The van der Waals surface area contributed by atoms with E-state index < -0.39 is 5.82 Å². The molecule has 2 aromatic rings. The summed E-state index contributed by atoms with van der Waals surface area (Å²) in [4.78, 5) is 8.54. The van der Waals surface area contributed by atoms with Crippen LogP contribution < -0.4 is 16.0 Å². The molecular formula is C24H33ClFN5O. The first-order valence-corrected chi connectivity index (χ1v) is 12.0. The van der Waals surface area contributed by atoms with E-state index in [1.807, 2.05) is 6.07 Å². The summed E-state index contributed by atoms with van der Waals surface area (Å²) >= 11 is 6.34. The quantitative estimate of drug-likeness (QED) is 0.427. The Bertz CT molecular complexity index is 902. The monoisotopic (exact) mass is 461 g/mol. The van der Waals surface area contributed by atoms with E-state index in [9.17, 15) is 4.39 Å². The van der Waals surface area contributed by atoms with Crippen molar-refractivity contribution in [2.45, 2.75) is 63.6 Å². The summed E-state index contributed by atoms with van der Waals surface area (Å²) in [6.07, 6.45) is 9.74. The Morgan fingerprint density at radius 3 is 2.53 bits per heavy atom. The fraction of sp³-hybridized carbons (Fsp3) is 0.583. The molecule has 0 radical (unpaired) electrons. The molecule has 2 saturated carbocycles. The molecule has 2 heterocycles. The van der Waals surface area contributed by atoms with Crippen LogP contribution in [0.15, 0.2) is 24.5 Å². The minimum atomic E-state index is -0.404. The highest BCUT2D eigenvalue weighted by Crippen LogP contribution is 2.34. The lowest BCUT2D eigenvalue weighted by Crippen LogP contribution is -2.42. The van der Waals surface area contributed by atoms with Crippen LogP contribution in [0, 0.1) is 11.7 Å². The van der Waals surface area contributed by atoms with E-state index in [1.165, 1.54) is 19.0 Å². The average molecular weight is 462 g/mol. The largest absolute Gasteiger partial charge is 0.384 e. The number of pyridine rings is 2. The van der Waals surface area contributed by atoms with Crippen LogP contribution in [0.5, 0.6) is 0 Å². The number of nitrogens with zero attached hydrogens (tertiary/aromatic N) is 2. The van der Waals surface area contributed by atoms with Crippen LogP contribution in [0.1, 0.15) is 45.4 Å². The molecule has 6 nitrogen and oxygen atoms in total. The normalized spacial score (nSPS) is 21.9. The second kappa shape index (κ2) is 10.8. The second-order valence-corrected chi connectivity index (χ2v) is 9.51. The van der Waals surface area contributed by atoms with Gasteiger partial charge in [-0.05, 0) is 63.5 Å². The summed E-state index contributed by atoms with van der Waals surface area (Å²) in [5, 5.41) is 10.8. The Labute approximate surface area is 194 Å². The standard InChI is InChI=1S/C24H33ClFN5O/c1-15(14-32-2)30-17-5-7-18(8-6-17)31-23-10-20(22(26)13-28-23)21-9-19(12-29-24(21)25)27-11-16-3-4-16/h9-10,12-13,15-18,27,30H,3-8,11,14H2,1-2H3,(H,28,31)/t15-,17-,18-/m1/s1. The van der Waals surface area contributed by atoms with Crippen molar-refractivity contribution in [1.29, 1.82) is 0 Å². The molecule has 2 aliphatic carbocycles. The van der Waals surface area contributed by atoms with Gasteiger partial charge in [0.15, 0.2) is 0 Å². The predicted molar refractivity (Wildman–Crippen MR) is 128 cm³/mol. The van der Waals surface area contributed by atoms with Gasteiger partial charge in [-0.2, -0.15) is 0 Å². The minimum absolute atomic E-state index is 0.287. The van der Waals surface area contributed by atoms with Crippen molar-refractivity contribution in [3.63, 3.8) is 0 Å². The third-order valence-corrected chi connectivity index (χ3v) is 6.59. The molecule has 0 saturated heterocycles. The third-order valence-electron chi connectivity index (χ3n) is 6.29. The zero-order valence-corrected chi connectivity index (χ0v) is 19.6. The Balaban J connectivity index is 1.39.